The molecule has 1 aromatic rings. The van der Waals surface area contributed by atoms with Crippen molar-refractivity contribution in [2.75, 3.05) is 70.9 Å². The Morgan fingerprint density at radius 2 is 1.79 bits per heavy atom. The summed E-state index contributed by atoms with van der Waals surface area (Å²) >= 11 is 6.13. The van der Waals surface area contributed by atoms with Gasteiger partial charge in [-0.15, -0.1) is 0 Å². The number of amides is 1. The molecular formula is C21H33ClN4O2. The van der Waals surface area contributed by atoms with Crippen LogP contribution < -0.4 is 9.64 Å². The van der Waals surface area contributed by atoms with Crippen molar-refractivity contribution in [3.63, 3.8) is 0 Å². The maximum absolute atomic E-state index is 12.7. The van der Waals surface area contributed by atoms with Gasteiger partial charge < -0.3 is 14.5 Å². The Hall–Kier alpha value is -1.50. The normalized spacial score (nSPS) is 20.3. The first-order valence-electron chi connectivity index (χ1n) is 10.3. The van der Waals surface area contributed by atoms with E-state index < -0.39 is 0 Å². The number of carbonyl (C=O) groups excluding carboxylic acids is 1. The summed E-state index contributed by atoms with van der Waals surface area (Å²) in [6, 6.07) is 6.50. The molecule has 1 unspecified atom stereocenters. The fourth-order valence-electron chi connectivity index (χ4n) is 3.97. The lowest BCUT2D eigenvalue weighted by Gasteiger charge is -2.40. The summed E-state index contributed by atoms with van der Waals surface area (Å²) in [7, 11) is 1.64. The molecule has 0 aromatic heterocycles. The molecule has 0 aliphatic carbocycles. The molecule has 2 heterocycles. The standard InChI is InChI=1S/C21H33ClN4O2/c1-4-17(2)24-11-13-26(14-12-24)21(27)16-23-7-9-25(10-8-23)18-5-6-19(22)20(15-18)28-3/h5-6,15,17H,4,7-14,16H2,1-3H3. The minimum absolute atomic E-state index is 0.269. The van der Waals surface area contributed by atoms with E-state index in [0.717, 1.165) is 64.5 Å². The van der Waals surface area contributed by atoms with Gasteiger partial charge >= 0.3 is 0 Å². The Labute approximate surface area is 174 Å². The Morgan fingerprint density at radius 1 is 1.11 bits per heavy atom. The third kappa shape index (κ3) is 5.10. The number of ether oxygens (including phenoxy) is 1. The minimum Gasteiger partial charge on any atom is -0.495 e. The van der Waals surface area contributed by atoms with Crippen LogP contribution in [0.5, 0.6) is 5.75 Å². The molecule has 7 heteroatoms. The molecule has 0 spiro atoms. The topological polar surface area (TPSA) is 39.3 Å². The van der Waals surface area contributed by atoms with Crippen molar-refractivity contribution in [2.24, 2.45) is 0 Å². The van der Waals surface area contributed by atoms with Crippen molar-refractivity contribution in [3.8, 4) is 5.75 Å². The summed E-state index contributed by atoms with van der Waals surface area (Å²) in [6.07, 6.45) is 1.16. The fraction of sp³-hybridized carbons (Fsp3) is 0.667. The molecule has 2 aliphatic rings. The number of anilines is 1. The van der Waals surface area contributed by atoms with E-state index in [2.05, 4.69) is 28.5 Å². The third-order valence-corrected chi connectivity index (χ3v) is 6.42. The first kappa shape index (κ1) is 21.2. The fourth-order valence-corrected chi connectivity index (χ4v) is 4.17. The zero-order valence-corrected chi connectivity index (χ0v) is 18.1. The van der Waals surface area contributed by atoms with Crippen LogP contribution >= 0.6 is 11.6 Å². The van der Waals surface area contributed by atoms with Crippen LogP contribution in [0.4, 0.5) is 5.69 Å². The van der Waals surface area contributed by atoms with Crippen molar-refractivity contribution < 1.29 is 9.53 Å². The van der Waals surface area contributed by atoms with Crippen LogP contribution in [0.2, 0.25) is 5.02 Å². The van der Waals surface area contributed by atoms with E-state index in [9.17, 15) is 4.79 Å². The van der Waals surface area contributed by atoms with Crippen molar-refractivity contribution >= 4 is 23.2 Å². The van der Waals surface area contributed by atoms with E-state index in [1.165, 1.54) is 0 Å². The first-order chi connectivity index (χ1) is 13.5. The van der Waals surface area contributed by atoms with Crippen molar-refractivity contribution in [1.82, 2.24) is 14.7 Å². The zero-order valence-electron chi connectivity index (χ0n) is 17.4. The highest BCUT2D eigenvalue weighted by Crippen LogP contribution is 2.29. The second-order valence-corrected chi connectivity index (χ2v) is 8.16. The van der Waals surface area contributed by atoms with Gasteiger partial charge in [-0.05, 0) is 25.5 Å². The van der Waals surface area contributed by atoms with Crippen LogP contribution in [-0.4, -0.2) is 92.7 Å². The predicted molar refractivity (Wildman–Crippen MR) is 115 cm³/mol. The summed E-state index contributed by atoms with van der Waals surface area (Å²) in [5, 5.41) is 0.629. The van der Waals surface area contributed by atoms with Crippen molar-refractivity contribution in [3.05, 3.63) is 23.2 Å². The third-order valence-electron chi connectivity index (χ3n) is 6.11. The van der Waals surface area contributed by atoms with Crippen LogP contribution in [0, 0.1) is 0 Å². The average Bonchev–Trinajstić information content (AvgIpc) is 2.74. The van der Waals surface area contributed by atoms with E-state index in [1.54, 1.807) is 7.11 Å². The van der Waals surface area contributed by atoms with Crippen molar-refractivity contribution in [2.45, 2.75) is 26.3 Å². The molecule has 1 aromatic carbocycles. The highest BCUT2D eigenvalue weighted by Gasteiger charge is 2.26. The summed E-state index contributed by atoms with van der Waals surface area (Å²) < 4.78 is 5.32. The lowest BCUT2D eigenvalue weighted by atomic mass is 10.2. The number of halogens is 1. The molecule has 2 saturated heterocycles. The molecule has 0 saturated carbocycles. The molecule has 6 nitrogen and oxygen atoms in total. The van der Waals surface area contributed by atoms with Crippen molar-refractivity contribution in [1.29, 1.82) is 0 Å². The highest BCUT2D eigenvalue weighted by atomic mass is 35.5. The second kappa shape index (κ2) is 9.81. The monoisotopic (exact) mass is 408 g/mol. The van der Waals surface area contributed by atoms with Crippen LogP contribution in [0.25, 0.3) is 0 Å². The van der Waals surface area contributed by atoms with Gasteiger partial charge in [0.15, 0.2) is 0 Å². The maximum atomic E-state index is 12.7. The molecule has 2 fully saturated rings. The molecule has 1 amide bonds. The Balaban J connectivity index is 1.45. The number of nitrogens with zero attached hydrogens (tertiary/aromatic N) is 4. The average molecular weight is 409 g/mol. The summed E-state index contributed by atoms with van der Waals surface area (Å²) in [4.78, 5) is 21.8. The molecule has 2 aliphatic heterocycles. The van der Waals surface area contributed by atoms with Gasteiger partial charge in [-0.2, -0.15) is 0 Å². The van der Waals surface area contributed by atoms with Gasteiger partial charge in [0.05, 0.1) is 18.7 Å². The lowest BCUT2D eigenvalue weighted by molar-refractivity contribution is -0.134. The van der Waals surface area contributed by atoms with Gasteiger partial charge in [0.25, 0.3) is 0 Å². The largest absolute Gasteiger partial charge is 0.495 e. The molecular weight excluding hydrogens is 376 g/mol. The highest BCUT2D eigenvalue weighted by molar-refractivity contribution is 6.32. The number of rotatable bonds is 6. The van der Waals surface area contributed by atoms with Gasteiger partial charge in [0, 0.05) is 70.2 Å². The summed E-state index contributed by atoms with van der Waals surface area (Å²) in [6.45, 7) is 12.3. The number of methoxy groups -OCH3 is 1. The molecule has 0 radical (unpaired) electrons. The van der Waals surface area contributed by atoms with E-state index in [0.29, 0.717) is 23.4 Å². The molecule has 28 heavy (non-hydrogen) atoms. The quantitative estimate of drug-likeness (QED) is 0.722. The second-order valence-electron chi connectivity index (χ2n) is 7.76. The number of hydrogen-bond acceptors (Lipinski definition) is 5. The molecule has 0 bridgehead atoms. The molecule has 3 rings (SSSR count). The molecule has 156 valence electrons. The Morgan fingerprint density at radius 3 is 2.39 bits per heavy atom. The zero-order chi connectivity index (χ0) is 20.1. The van der Waals surface area contributed by atoms with Gasteiger partial charge in [0.2, 0.25) is 5.91 Å². The van der Waals surface area contributed by atoms with Crippen LogP contribution in [0.1, 0.15) is 20.3 Å². The molecule has 0 N–H and O–H groups in total. The minimum atomic E-state index is 0.269. The number of piperazine rings is 2. The smallest absolute Gasteiger partial charge is 0.236 e. The Kier molecular flexibility index (Phi) is 7.43. The maximum Gasteiger partial charge on any atom is 0.236 e. The van der Waals surface area contributed by atoms with Crippen LogP contribution in [0.15, 0.2) is 18.2 Å². The summed E-state index contributed by atoms with van der Waals surface area (Å²) in [5.41, 5.74) is 1.12. The number of benzene rings is 1. The molecule has 1 atom stereocenters. The Bertz CT molecular complexity index is 656. The number of carbonyl (C=O) groups is 1. The van der Waals surface area contributed by atoms with Gasteiger partial charge in [0.1, 0.15) is 5.75 Å². The van der Waals surface area contributed by atoms with E-state index in [-0.39, 0.29) is 5.91 Å². The van der Waals surface area contributed by atoms with Gasteiger partial charge in [-0.1, -0.05) is 18.5 Å². The van der Waals surface area contributed by atoms with Crippen LogP contribution in [-0.2, 0) is 4.79 Å². The van der Waals surface area contributed by atoms with E-state index in [1.807, 2.05) is 23.1 Å². The van der Waals surface area contributed by atoms with Gasteiger partial charge in [-0.25, -0.2) is 0 Å². The lowest BCUT2D eigenvalue weighted by Crippen LogP contribution is -2.55. The predicted octanol–water partition coefficient (Wildman–Crippen LogP) is 2.41. The first-order valence-corrected chi connectivity index (χ1v) is 10.7. The van der Waals surface area contributed by atoms with Crippen LogP contribution in [0.3, 0.4) is 0 Å². The van der Waals surface area contributed by atoms with Gasteiger partial charge in [-0.3, -0.25) is 14.6 Å². The van der Waals surface area contributed by atoms with E-state index in [4.69, 9.17) is 16.3 Å². The SMILES string of the molecule is CCC(C)N1CCN(C(=O)CN2CCN(c3ccc(Cl)c(OC)c3)CC2)CC1. The summed E-state index contributed by atoms with van der Waals surface area (Å²) in [5.74, 6) is 0.971. The van der Waals surface area contributed by atoms with E-state index >= 15 is 0 Å². The number of hydrogen-bond donors (Lipinski definition) is 0.